The lowest BCUT2D eigenvalue weighted by atomic mass is 10.3. The maximum absolute atomic E-state index is 12.2. The summed E-state index contributed by atoms with van der Waals surface area (Å²) < 4.78 is 24.5. The molecule has 0 radical (unpaired) electrons. The molecule has 17 heavy (non-hydrogen) atoms. The Kier molecular flexibility index (Phi) is 6.87. The Bertz CT molecular complexity index is 325. The zero-order valence-electron chi connectivity index (χ0n) is 9.28. The van der Waals surface area contributed by atoms with E-state index in [2.05, 4.69) is 4.98 Å². The van der Waals surface area contributed by atoms with Crippen LogP contribution in [0.2, 0.25) is 0 Å². The van der Waals surface area contributed by atoms with Gasteiger partial charge in [-0.1, -0.05) is 0 Å². The number of aliphatic hydroxyl groups is 1. The molecule has 0 amide bonds. The van der Waals surface area contributed by atoms with E-state index in [0.29, 0.717) is 18.8 Å². The molecular formula is C10H15ClF2N2OS. The van der Waals surface area contributed by atoms with Crippen molar-refractivity contribution in [3.8, 4) is 0 Å². The quantitative estimate of drug-likeness (QED) is 0.742. The second kappa shape index (κ2) is 7.92. The number of rotatable bonds is 8. The summed E-state index contributed by atoms with van der Waals surface area (Å²) in [5.41, 5.74) is 0.814. The van der Waals surface area contributed by atoms with Crippen LogP contribution in [-0.4, -0.2) is 47.7 Å². The smallest absolute Gasteiger partial charge is 0.251 e. The van der Waals surface area contributed by atoms with Gasteiger partial charge in [0, 0.05) is 24.9 Å². The first-order chi connectivity index (χ1) is 8.15. The summed E-state index contributed by atoms with van der Waals surface area (Å²) in [7, 11) is 0. The molecule has 1 aromatic heterocycles. The monoisotopic (exact) mass is 284 g/mol. The van der Waals surface area contributed by atoms with Crippen molar-refractivity contribution in [2.24, 2.45) is 0 Å². The zero-order valence-corrected chi connectivity index (χ0v) is 10.9. The van der Waals surface area contributed by atoms with Crippen LogP contribution >= 0.6 is 22.9 Å². The number of thiazole rings is 1. The lowest BCUT2D eigenvalue weighted by Gasteiger charge is -2.19. The van der Waals surface area contributed by atoms with Gasteiger partial charge in [0.25, 0.3) is 6.43 Å². The number of hydrogen-bond donors (Lipinski definition) is 1. The van der Waals surface area contributed by atoms with E-state index < -0.39 is 6.43 Å². The van der Waals surface area contributed by atoms with Crippen molar-refractivity contribution in [1.29, 1.82) is 0 Å². The largest absolute Gasteiger partial charge is 0.395 e. The Morgan fingerprint density at radius 2 is 2.24 bits per heavy atom. The third kappa shape index (κ3) is 5.72. The Hall–Kier alpha value is -0.300. The molecule has 1 N–H and O–H groups in total. The predicted molar refractivity (Wildman–Crippen MR) is 64.9 cm³/mol. The molecule has 0 unspecified atom stereocenters. The molecule has 0 saturated carbocycles. The molecule has 0 aliphatic carbocycles. The summed E-state index contributed by atoms with van der Waals surface area (Å²) in [6.45, 7) is 0.310. The molecule has 1 rings (SSSR count). The lowest BCUT2D eigenvalue weighted by molar-refractivity contribution is 0.0789. The van der Waals surface area contributed by atoms with Crippen molar-refractivity contribution in [1.82, 2.24) is 9.88 Å². The van der Waals surface area contributed by atoms with Gasteiger partial charge in [0.2, 0.25) is 0 Å². The van der Waals surface area contributed by atoms with Crippen LogP contribution < -0.4 is 0 Å². The minimum Gasteiger partial charge on any atom is -0.395 e. The van der Waals surface area contributed by atoms with Gasteiger partial charge in [0.05, 0.1) is 29.7 Å². The topological polar surface area (TPSA) is 36.4 Å². The molecule has 0 spiro atoms. The Morgan fingerprint density at radius 1 is 1.47 bits per heavy atom. The van der Waals surface area contributed by atoms with Crippen molar-refractivity contribution < 1.29 is 13.9 Å². The van der Waals surface area contributed by atoms with Crippen molar-refractivity contribution >= 4 is 22.9 Å². The van der Waals surface area contributed by atoms with Crippen LogP contribution in [0.3, 0.4) is 0 Å². The predicted octanol–water partition coefficient (Wildman–Crippen LogP) is 1.98. The SMILES string of the molecule is OCCN(CCc1nc(CCl)cs1)CC(F)F. The highest BCUT2D eigenvalue weighted by Crippen LogP contribution is 2.12. The first-order valence-corrected chi connectivity index (χ1v) is 6.67. The van der Waals surface area contributed by atoms with E-state index in [1.54, 1.807) is 0 Å². The number of nitrogens with zero attached hydrogens (tertiary/aromatic N) is 2. The lowest BCUT2D eigenvalue weighted by Crippen LogP contribution is -2.33. The van der Waals surface area contributed by atoms with E-state index in [0.717, 1.165) is 10.7 Å². The van der Waals surface area contributed by atoms with Crippen molar-refractivity contribution in [2.45, 2.75) is 18.7 Å². The normalized spacial score (nSPS) is 11.6. The first-order valence-electron chi connectivity index (χ1n) is 5.26. The van der Waals surface area contributed by atoms with Crippen LogP contribution in [-0.2, 0) is 12.3 Å². The molecule has 7 heteroatoms. The molecule has 3 nitrogen and oxygen atoms in total. The number of aliphatic hydroxyl groups excluding tert-OH is 1. The van der Waals surface area contributed by atoms with Gasteiger partial charge in [-0.25, -0.2) is 13.8 Å². The van der Waals surface area contributed by atoms with Gasteiger partial charge >= 0.3 is 0 Å². The van der Waals surface area contributed by atoms with Crippen LogP contribution in [0.4, 0.5) is 8.78 Å². The third-order valence-electron chi connectivity index (χ3n) is 2.19. The van der Waals surface area contributed by atoms with Gasteiger partial charge in [0.15, 0.2) is 0 Å². The van der Waals surface area contributed by atoms with E-state index in [-0.39, 0.29) is 19.7 Å². The maximum Gasteiger partial charge on any atom is 0.251 e. The average Bonchev–Trinajstić information content (AvgIpc) is 2.73. The first kappa shape index (κ1) is 14.8. The summed E-state index contributed by atoms with van der Waals surface area (Å²) in [4.78, 5) is 5.78. The molecule has 98 valence electrons. The van der Waals surface area contributed by atoms with E-state index >= 15 is 0 Å². The van der Waals surface area contributed by atoms with Gasteiger partial charge in [-0.15, -0.1) is 22.9 Å². The molecule has 0 saturated heterocycles. The maximum atomic E-state index is 12.2. The minimum absolute atomic E-state index is 0.114. The summed E-state index contributed by atoms with van der Waals surface area (Å²) in [5.74, 6) is 0.369. The fraction of sp³-hybridized carbons (Fsp3) is 0.700. The highest BCUT2D eigenvalue weighted by molar-refractivity contribution is 7.09. The Balaban J connectivity index is 2.39. The number of alkyl halides is 3. The Labute approximate surface area is 108 Å². The van der Waals surface area contributed by atoms with Gasteiger partial charge in [-0.3, -0.25) is 4.90 Å². The molecule has 0 atom stereocenters. The van der Waals surface area contributed by atoms with Crippen LogP contribution in [0.5, 0.6) is 0 Å². The second-order valence-corrected chi connectivity index (χ2v) is 4.74. The highest BCUT2D eigenvalue weighted by atomic mass is 35.5. The average molecular weight is 285 g/mol. The molecule has 0 aliphatic rings. The standard InChI is InChI=1S/C10H15ClF2N2OS/c11-5-8-7-17-10(14-8)1-2-15(3-4-16)6-9(12)13/h7,9,16H,1-6H2. The number of halogens is 3. The molecular weight excluding hydrogens is 270 g/mol. The number of hydrogen-bond acceptors (Lipinski definition) is 4. The van der Waals surface area contributed by atoms with Gasteiger partial charge in [-0.2, -0.15) is 0 Å². The van der Waals surface area contributed by atoms with Crippen molar-refractivity contribution in [3.63, 3.8) is 0 Å². The molecule has 1 heterocycles. The summed E-state index contributed by atoms with van der Waals surface area (Å²) >= 11 is 7.10. The zero-order chi connectivity index (χ0) is 12.7. The second-order valence-electron chi connectivity index (χ2n) is 3.53. The molecule has 0 aromatic carbocycles. The number of aromatic nitrogens is 1. The highest BCUT2D eigenvalue weighted by Gasteiger charge is 2.12. The molecule has 0 aliphatic heterocycles. The van der Waals surface area contributed by atoms with Gasteiger partial charge in [0.1, 0.15) is 0 Å². The van der Waals surface area contributed by atoms with Crippen LogP contribution in [0, 0.1) is 0 Å². The van der Waals surface area contributed by atoms with E-state index in [4.69, 9.17) is 16.7 Å². The minimum atomic E-state index is -2.38. The summed E-state index contributed by atoms with van der Waals surface area (Å²) in [5, 5.41) is 11.5. The fourth-order valence-electron chi connectivity index (χ4n) is 1.41. The fourth-order valence-corrected chi connectivity index (χ4v) is 2.43. The molecule has 0 fully saturated rings. The van der Waals surface area contributed by atoms with Gasteiger partial charge in [-0.05, 0) is 0 Å². The van der Waals surface area contributed by atoms with Crippen molar-refractivity contribution in [2.75, 3.05) is 26.2 Å². The van der Waals surface area contributed by atoms with E-state index in [9.17, 15) is 8.78 Å². The van der Waals surface area contributed by atoms with Gasteiger partial charge < -0.3 is 5.11 Å². The van der Waals surface area contributed by atoms with Crippen LogP contribution in [0.15, 0.2) is 5.38 Å². The molecule has 0 bridgehead atoms. The third-order valence-corrected chi connectivity index (χ3v) is 3.42. The van der Waals surface area contributed by atoms with Crippen LogP contribution in [0.25, 0.3) is 0 Å². The summed E-state index contributed by atoms with van der Waals surface area (Å²) in [6.07, 6.45) is -1.77. The van der Waals surface area contributed by atoms with Crippen molar-refractivity contribution in [3.05, 3.63) is 16.1 Å². The Morgan fingerprint density at radius 3 is 2.76 bits per heavy atom. The summed E-state index contributed by atoms with van der Waals surface area (Å²) in [6, 6.07) is 0. The van der Waals surface area contributed by atoms with Crippen LogP contribution in [0.1, 0.15) is 10.7 Å². The molecule has 1 aromatic rings. The van der Waals surface area contributed by atoms with E-state index in [1.165, 1.54) is 16.2 Å². The van der Waals surface area contributed by atoms with E-state index in [1.807, 2.05) is 5.38 Å².